The van der Waals surface area contributed by atoms with Crippen molar-refractivity contribution >= 4 is 5.97 Å². The van der Waals surface area contributed by atoms with Crippen LogP contribution in [0.3, 0.4) is 0 Å². The van der Waals surface area contributed by atoms with Gasteiger partial charge in [-0.2, -0.15) is 0 Å². The first kappa shape index (κ1) is 12.1. The molecule has 0 atom stereocenters. The molecule has 0 radical (unpaired) electrons. The number of fused-ring (bicyclic) bond motifs is 1. The van der Waals surface area contributed by atoms with Gasteiger partial charge in [0.15, 0.2) is 0 Å². The van der Waals surface area contributed by atoms with Crippen LogP contribution in [0.1, 0.15) is 40.7 Å². The molecule has 3 nitrogen and oxygen atoms in total. The second-order valence-corrected chi connectivity index (χ2v) is 4.40. The molecule has 0 amide bonds. The summed E-state index contributed by atoms with van der Waals surface area (Å²) in [6, 6.07) is 5.83. The molecule has 0 aromatic heterocycles. The van der Waals surface area contributed by atoms with Gasteiger partial charge in [-0.05, 0) is 48.9 Å². The second-order valence-electron chi connectivity index (χ2n) is 4.40. The number of ether oxygens (including phenoxy) is 1. The first-order chi connectivity index (χ1) is 8.31. The third-order valence-corrected chi connectivity index (χ3v) is 3.12. The quantitative estimate of drug-likeness (QED) is 0.641. The Labute approximate surface area is 101 Å². The van der Waals surface area contributed by atoms with E-state index in [9.17, 15) is 4.79 Å². The van der Waals surface area contributed by atoms with Gasteiger partial charge in [0.2, 0.25) is 0 Å². The maximum absolute atomic E-state index is 11.7. The van der Waals surface area contributed by atoms with Gasteiger partial charge in [-0.1, -0.05) is 6.07 Å². The molecular weight excluding hydrogens is 216 g/mol. The third kappa shape index (κ3) is 3.07. The summed E-state index contributed by atoms with van der Waals surface area (Å²) < 4.78 is 5.06. The minimum Gasteiger partial charge on any atom is -0.462 e. The summed E-state index contributed by atoms with van der Waals surface area (Å²) in [4.78, 5) is 11.7. The monoisotopic (exact) mass is 234 g/mol. The molecule has 0 heterocycles. The van der Waals surface area contributed by atoms with Crippen LogP contribution in [0.25, 0.3) is 0 Å². The van der Waals surface area contributed by atoms with Crippen molar-refractivity contribution in [2.45, 2.75) is 32.1 Å². The van der Waals surface area contributed by atoms with Crippen molar-refractivity contribution in [2.24, 2.45) is 0 Å². The van der Waals surface area contributed by atoms with E-state index in [4.69, 9.17) is 9.84 Å². The first-order valence-electron chi connectivity index (χ1n) is 6.21. The van der Waals surface area contributed by atoms with Gasteiger partial charge >= 0.3 is 5.97 Å². The first-order valence-corrected chi connectivity index (χ1v) is 6.21. The molecular formula is C14H18O3. The topological polar surface area (TPSA) is 46.5 Å². The maximum atomic E-state index is 11.7. The van der Waals surface area contributed by atoms with Gasteiger partial charge in [0.25, 0.3) is 0 Å². The highest BCUT2D eigenvalue weighted by Crippen LogP contribution is 2.22. The van der Waals surface area contributed by atoms with Crippen LogP contribution < -0.4 is 0 Å². The van der Waals surface area contributed by atoms with Gasteiger partial charge in [-0.25, -0.2) is 4.79 Å². The molecule has 0 unspecified atom stereocenters. The molecule has 1 aromatic carbocycles. The van der Waals surface area contributed by atoms with Crippen LogP contribution in [0.15, 0.2) is 18.2 Å². The number of aliphatic hydroxyl groups excluding tert-OH is 1. The molecule has 1 aliphatic carbocycles. The van der Waals surface area contributed by atoms with Gasteiger partial charge in [-0.15, -0.1) is 0 Å². The fraction of sp³-hybridized carbons (Fsp3) is 0.500. The zero-order chi connectivity index (χ0) is 12.1. The van der Waals surface area contributed by atoms with Crippen molar-refractivity contribution in [1.82, 2.24) is 0 Å². The number of rotatable bonds is 4. The molecule has 1 aromatic rings. The fourth-order valence-corrected chi connectivity index (χ4v) is 2.17. The van der Waals surface area contributed by atoms with E-state index >= 15 is 0 Å². The van der Waals surface area contributed by atoms with Crippen LogP contribution >= 0.6 is 0 Å². The average molecular weight is 234 g/mol. The number of carbonyl (C=O) groups is 1. The highest BCUT2D eigenvalue weighted by molar-refractivity contribution is 5.89. The Morgan fingerprint density at radius 2 is 2.00 bits per heavy atom. The predicted octanol–water partition coefficient (Wildman–Crippen LogP) is 2.10. The minimum absolute atomic E-state index is 0.0530. The number of aliphatic hydroxyl groups is 1. The minimum atomic E-state index is -0.285. The number of esters is 1. The molecule has 3 heteroatoms. The second kappa shape index (κ2) is 5.82. The van der Waals surface area contributed by atoms with Crippen LogP contribution in [0.5, 0.6) is 0 Å². The zero-order valence-electron chi connectivity index (χ0n) is 9.95. The van der Waals surface area contributed by atoms with Crippen molar-refractivity contribution in [3.63, 3.8) is 0 Å². The highest BCUT2D eigenvalue weighted by Gasteiger charge is 2.13. The summed E-state index contributed by atoms with van der Waals surface area (Å²) in [5.74, 6) is -0.285. The van der Waals surface area contributed by atoms with E-state index in [0.717, 1.165) is 12.8 Å². The molecule has 0 bridgehead atoms. The smallest absolute Gasteiger partial charge is 0.338 e. The Kier molecular flexibility index (Phi) is 4.15. The Morgan fingerprint density at radius 1 is 1.24 bits per heavy atom. The molecule has 0 saturated carbocycles. The van der Waals surface area contributed by atoms with Gasteiger partial charge in [0.05, 0.1) is 12.2 Å². The molecule has 0 aliphatic heterocycles. The molecule has 0 spiro atoms. The van der Waals surface area contributed by atoms with E-state index in [0.29, 0.717) is 12.0 Å². The lowest BCUT2D eigenvalue weighted by atomic mass is 9.90. The highest BCUT2D eigenvalue weighted by atomic mass is 16.5. The number of carbonyl (C=O) groups excluding carboxylic acids is 1. The van der Waals surface area contributed by atoms with Crippen LogP contribution in [0, 0.1) is 0 Å². The van der Waals surface area contributed by atoms with E-state index in [1.807, 2.05) is 18.2 Å². The Morgan fingerprint density at radius 3 is 2.76 bits per heavy atom. The number of benzene rings is 1. The summed E-state index contributed by atoms with van der Waals surface area (Å²) in [6.45, 7) is 0.337. The van der Waals surface area contributed by atoms with Crippen LogP contribution in [0.4, 0.5) is 0 Å². The van der Waals surface area contributed by atoms with Crippen molar-refractivity contribution < 1.29 is 14.6 Å². The SMILES string of the molecule is O=C(OCCCO)c1ccc2c(c1)CCCC2. The number of hydrogen-bond donors (Lipinski definition) is 1. The lowest BCUT2D eigenvalue weighted by Crippen LogP contribution is -2.10. The van der Waals surface area contributed by atoms with E-state index < -0.39 is 0 Å². The van der Waals surface area contributed by atoms with Gasteiger partial charge < -0.3 is 9.84 Å². The van der Waals surface area contributed by atoms with E-state index in [1.54, 1.807) is 0 Å². The Bertz CT molecular complexity index is 398. The summed E-state index contributed by atoms with van der Waals surface area (Å²) in [5, 5.41) is 8.62. The average Bonchev–Trinajstić information content (AvgIpc) is 2.38. The lowest BCUT2D eigenvalue weighted by Gasteiger charge is -2.16. The van der Waals surface area contributed by atoms with Crippen LogP contribution in [-0.4, -0.2) is 24.3 Å². The van der Waals surface area contributed by atoms with E-state index in [1.165, 1.54) is 24.0 Å². The van der Waals surface area contributed by atoms with Crippen molar-refractivity contribution in [3.8, 4) is 0 Å². The maximum Gasteiger partial charge on any atom is 0.338 e. The molecule has 0 fully saturated rings. The van der Waals surface area contributed by atoms with E-state index in [2.05, 4.69) is 0 Å². The molecule has 2 rings (SSSR count). The summed E-state index contributed by atoms with van der Waals surface area (Å²) in [7, 11) is 0. The van der Waals surface area contributed by atoms with Crippen molar-refractivity contribution in [3.05, 3.63) is 34.9 Å². The van der Waals surface area contributed by atoms with Gasteiger partial charge in [0.1, 0.15) is 0 Å². The molecule has 92 valence electrons. The molecule has 1 aliphatic rings. The number of aryl methyl sites for hydroxylation is 2. The van der Waals surface area contributed by atoms with Crippen LogP contribution in [-0.2, 0) is 17.6 Å². The van der Waals surface area contributed by atoms with Crippen molar-refractivity contribution in [1.29, 1.82) is 0 Å². The third-order valence-electron chi connectivity index (χ3n) is 3.12. The predicted molar refractivity (Wildman–Crippen MR) is 65.1 cm³/mol. The molecule has 1 N–H and O–H groups in total. The van der Waals surface area contributed by atoms with E-state index in [-0.39, 0.29) is 19.2 Å². The summed E-state index contributed by atoms with van der Waals surface area (Å²) in [5.41, 5.74) is 3.28. The Hall–Kier alpha value is -1.35. The summed E-state index contributed by atoms with van der Waals surface area (Å²) >= 11 is 0. The van der Waals surface area contributed by atoms with Crippen molar-refractivity contribution in [2.75, 3.05) is 13.2 Å². The van der Waals surface area contributed by atoms with Gasteiger partial charge in [-0.3, -0.25) is 0 Å². The number of hydrogen-bond acceptors (Lipinski definition) is 3. The fourth-order valence-electron chi connectivity index (χ4n) is 2.17. The largest absolute Gasteiger partial charge is 0.462 e. The normalized spacial score (nSPS) is 14.2. The zero-order valence-corrected chi connectivity index (χ0v) is 9.95. The molecule has 0 saturated heterocycles. The standard InChI is InChI=1S/C14H18O3/c15-8-3-9-17-14(16)13-7-6-11-4-1-2-5-12(11)10-13/h6-7,10,15H,1-5,8-9H2. The Balaban J connectivity index is 2.03. The summed E-state index contributed by atoms with van der Waals surface area (Å²) in [6.07, 6.45) is 5.13. The van der Waals surface area contributed by atoms with Gasteiger partial charge in [0, 0.05) is 13.0 Å². The lowest BCUT2D eigenvalue weighted by molar-refractivity contribution is 0.0482. The molecule has 17 heavy (non-hydrogen) atoms. The van der Waals surface area contributed by atoms with Crippen LogP contribution in [0.2, 0.25) is 0 Å².